The van der Waals surface area contributed by atoms with E-state index >= 15 is 0 Å². The number of aliphatic hydroxyl groups is 2. The van der Waals surface area contributed by atoms with Crippen LogP contribution in [-0.4, -0.2) is 52.9 Å². The minimum atomic E-state index is -2.05. The van der Waals surface area contributed by atoms with E-state index in [1.54, 1.807) is 60.4 Å². The van der Waals surface area contributed by atoms with Gasteiger partial charge < -0.3 is 20.0 Å². The minimum Gasteiger partial charge on any atom is -0.395 e. The summed E-state index contributed by atoms with van der Waals surface area (Å²) in [4.78, 5) is 58.4. The number of hydrogen-bond acceptors (Lipinski definition) is 6. The van der Waals surface area contributed by atoms with Crippen LogP contribution in [0.5, 0.6) is 0 Å². The first-order chi connectivity index (χ1) is 26.3. The van der Waals surface area contributed by atoms with Crippen LogP contribution in [0.15, 0.2) is 146 Å². The molecule has 5 aromatic rings. The number of carbonyl (C=O) groups is 4. The molecule has 10 heteroatoms. The molecule has 0 saturated carbocycles. The van der Waals surface area contributed by atoms with E-state index in [4.69, 9.17) is 0 Å². The predicted octanol–water partition coefficient (Wildman–Crippen LogP) is 6.61. The number of para-hydroxylation sites is 2. The highest BCUT2D eigenvalue weighted by Gasteiger charge is 2.52. The highest BCUT2D eigenvalue weighted by atomic mass is 16.3. The van der Waals surface area contributed by atoms with Gasteiger partial charge in [-0.05, 0) is 65.7 Å². The lowest BCUT2D eigenvalue weighted by Gasteiger charge is -2.28. The van der Waals surface area contributed by atoms with E-state index in [1.807, 2.05) is 97.1 Å². The van der Waals surface area contributed by atoms with Gasteiger partial charge in [-0.1, -0.05) is 97.9 Å². The quantitative estimate of drug-likeness (QED) is 0.0874. The molecule has 2 atom stereocenters. The monoisotopic (exact) mass is 722 g/mol. The third-order valence-corrected chi connectivity index (χ3v) is 9.65. The number of benzene rings is 5. The van der Waals surface area contributed by atoms with Crippen LogP contribution in [0.25, 0.3) is 0 Å². The standard InChI is InChI=1S/C44H42N4O6/c1-33(13-11-22-42(52)45(25-26-49)29-34-14-5-2-6-15-34)44(54)40-28-39(48(32-51)37-19-9-4-10-20-37)23-24-41(40)46(43(44)53)30-35-16-12-21-38(27-35)47(31-50)36-17-7-3-8-18-36/h2-21,23-24,27-28,31-33,49,54H,22,25-26,29-30H2,1H3/b13-11+/t33-,44+/m0/s1. The Morgan fingerprint density at radius 1 is 0.741 bits per heavy atom. The van der Waals surface area contributed by atoms with Gasteiger partial charge in [0.25, 0.3) is 5.91 Å². The van der Waals surface area contributed by atoms with E-state index in [0.29, 0.717) is 47.0 Å². The highest BCUT2D eigenvalue weighted by molar-refractivity contribution is 6.08. The van der Waals surface area contributed by atoms with Crippen molar-refractivity contribution in [1.82, 2.24) is 4.90 Å². The topological polar surface area (TPSA) is 122 Å². The second-order valence-corrected chi connectivity index (χ2v) is 13.1. The summed E-state index contributed by atoms with van der Waals surface area (Å²) in [7, 11) is 0. The van der Waals surface area contributed by atoms with Gasteiger partial charge in [0, 0.05) is 53.7 Å². The third-order valence-electron chi connectivity index (χ3n) is 9.65. The first-order valence-corrected chi connectivity index (χ1v) is 17.7. The zero-order chi connectivity index (χ0) is 38.1. The summed E-state index contributed by atoms with van der Waals surface area (Å²) in [5, 5.41) is 22.2. The Hall–Kier alpha value is -6.36. The van der Waals surface area contributed by atoms with Crippen molar-refractivity contribution in [2.45, 2.75) is 32.0 Å². The van der Waals surface area contributed by atoms with E-state index in [9.17, 15) is 29.4 Å². The van der Waals surface area contributed by atoms with Crippen LogP contribution < -0.4 is 14.7 Å². The van der Waals surface area contributed by atoms with Crippen molar-refractivity contribution in [1.29, 1.82) is 0 Å². The largest absolute Gasteiger partial charge is 0.395 e. The Morgan fingerprint density at radius 2 is 1.30 bits per heavy atom. The molecule has 2 N–H and O–H groups in total. The molecule has 0 spiro atoms. The number of nitrogens with zero attached hydrogens (tertiary/aromatic N) is 4. The first kappa shape index (κ1) is 37.4. The number of anilines is 5. The molecule has 0 unspecified atom stereocenters. The zero-order valence-corrected chi connectivity index (χ0v) is 29.9. The molecule has 4 amide bonds. The average Bonchev–Trinajstić information content (AvgIpc) is 3.41. The lowest BCUT2D eigenvalue weighted by Crippen LogP contribution is -2.44. The molecule has 0 aromatic heterocycles. The molecule has 0 bridgehead atoms. The maximum Gasteiger partial charge on any atom is 0.264 e. The molecule has 54 heavy (non-hydrogen) atoms. The van der Waals surface area contributed by atoms with Crippen molar-refractivity contribution in [3.8, 4) is 0 Å². The predicted molar refractivity (Wildman–Crippen MR) is 209 cm³/mol. The molecule has 5 aromatic carbocycles. The summed E-state index contributed by atoms with van der Waals surface area (Å²) in [6.45, 7) is 2.11. The number of aliphatic hydroxyl groups excluding tert-OH is 1. The second-order valence-electron chi connectivity index (χ2n) is 13.1. The summed E-state index contributed by atoms with van der Waals surface area (Å²) in [5.74, 6) is -1.58. The minimum absolute atomic E-state index is 0.00752. The maximum absolute atomic E-state index is 14.5. The summed E-state index contributed by atoms with van der Waals surface area (Å²) in [6.07, 6.45) is 4.71. The van der Waals surface area contributed by atoms with Crippen LogP contribution in [-0.2, 0) is 37.9 Å². The van der Waals surface area contributed by atoms with Gasteiger partial charge in [-0.3, -0.25) is 29.0 Å². The lowest BCUT2D eigenvalue weighted by atomic mass is 9.82. The fourth-order valence-electron chi connectivity index (χ4n) is 6.81. The molecule has 6 rings (SSSR count). The second kappa shape index (κ2) is 17.0. The summed E-state index contributed by atoms with van der Waals surface area (Å²) in [6, 6.07) is 40.2. The van der Waals surface area contributed by atoms with Gasteiger partial charge >= 0.3 is 0 Å². The maximum atomic E-state index is 14.5. The molecule has 274 valence electrons. The van der Waals surface area contributed by atoms with E-state index in [0.717, 1.165) is 17.5 Å². The van der Waals surface area contributed by atoms with Gasteiger partial charge in [-0.15, -0.1) is 0 Å². The number of fused-ring (bicyclic) bond motifs is 1. The number of hydrogen-bond donors (Lipinski definition) is 2. The fourth-order valence-corrected chi connectivity index (χ4v) is 6.81. The van der Waals surface area contributed by atoms with Crippen LogP contribution in [0.1, 0.15) is 30.0 Å². The number of carbonyl (C=O) groups excluding carboxylic acids is 4. The van der Waals surface area contributed by atoms with Crippen LogP contribution >= 0.6 is 0 Å². The van der Waals surface area contributed by atoms with E-state index in [2.05, 4.69) is 0 Å². The van der Waals surface area contributed by atoms with E-state index in [1.165, 1.54) is 14.7 Å². The molecule has 0 radical (unpaired) electrons. The molecule has 1 heterocycles. The van der Waals surface area contributed by atoms with E-state index in [-0.39, 0.29) is 32.0 Å². The van der Waals surface area contributed by atoms with Crippen LogP contribution in [0, 0.1) is 5.92 Å². The van der Waals surface area contributed by atoms with Crippen LogP contribution in [0.4, 0.5) is 28.4 Å². The summed E-state index contributed by atoms with van der Waals surface area (Å²) < 4.78 is 0. The molecule has 0 fully saturated rings. The Bertz CT molecular complexity index is 2110. The molecule has 0 saturated heterocycles. The summed E-state index contributed by atoms with van der Waals surface area (Å²) >= 11 is 0. The van der Waals surface area contributed by atoms with Gasteiger partial charge in [-0.2, -0.15) is 0 Å². The lowest BCUT2D eigenvalue weighted by molar-refractivity contribution is -0.139. The number of rotatable bonds is 16. The van der Waals surface area contributed by atoms with Gasteiger partial charge in [0.2, 0.25) is 18.7 Å². The van der Waals surface area contributed by atoms with Crippen molar-refractivity contribution in [2.75, 3.05) is 27.9 Å². The molecule has 0 aliphatic carbocycles. The molecular formula is C44H42N4O6. The summed E-state index contributed by atoms with van der Waals surface area (Å²) in [5.41, 5.74) is 2.75. The average molecular weight is 723 g/mol. The van der Waals surface area contributed by atoms with Crippen LogP contribution in [0.3, 0.4) is 0 Å². The van der Waals surface area contributed by atoms with Crippen molar-refractivity contribution >= 4 is 53.1 Å². The Morgan fingerprint density at radius 3 is 1.89 bits per heavy atom. The highest BCUT2D eigenvalue weighted by Crippen LogP contribution is 2.47. The van der Waals surface area contributed by atoms with Crippen molar-refractivity contribution < 1.29 is 29.4 Å². The van der Waals surface area contributed by atoms with Crippen molar-refractivity contribution in [2.24, 2.45) is 5.92 Å². The van der Waals surface area contributed by atoms with Gasteiger partial charge in [0.15, 0.2) is 5.60 Å². The van der Waals surface area contributed by atoms with Gasteiger partial charge in [0.05, 0.1) is 18.8 Å². The van der Waals surface area contributed by atoms with E-state index < -0.39 is 17.4 Å². The van der Waals surface area contributed by atoms with Crippen LogP contribution in [0.2, 0.25) is 0 Å². The van der Waals surface area contributed by atoms with Crippen molar-refractivity contribution in [3.05, 3.63) is 162 Å². The van der Waals surface area contributed by atoms with Gasteiger partial charge in [-0.25, -0.2) is 0 Å². The van der Waals surface area contributed by atoms with Crippen molar-refractivity contribution in [3.63, 3.8) is 0 Å². The Labute approximate surface area is 314 Å². The third kappa shape index (κ3) is 7.85. The molecule has 1 aliphatic heterocycles. The fraction of sp³-hybridized carbons (Fsp3) is 0.182. The molecule has 1 aliphatic rings. The normalized spacial score (nSPS) is 15.5. The first-order valence-electron chi connectivity index (χ1n) is 17.7. The molecule has 10 nitrogen and oxygen atoms in total. The number of amides is 4. The Kier molecular flexibility index (Phi) is 11.8. The Balaban J connectivity index is 1.31. The SMILES string of the molecule is C[C@@H](/C=C/CC(=O)N(CCO)Cc1ccccc1)[C@]1(O)C(=O)N(Cc2cccc(N(C=O)c3ccccc3)c2)c2ccc(N(C=O)c3ccccc3)cc21. The zero-order valence-electron chi connectivity index (χ0n) is 29.9. The van der Waals surface area contributed by atoms with Gasteiger partial charge in [0.1, 0.15) is 0 Å². The smallest absolute Gasteiger partial charge is 0.264 e. The molecular weight excluding hydrogens is 681 g/mol.